The second kappa shape index (κ2) is 9.40. The molecule has 0 aliphatic heterocycles. The quantitative estimate of drug-likeness (QED) is 0.414. The summed E-state index contributed by atoms with van der Waals surface area (Å²) in [4.78, 5) is 38.8. The first kappa shape index (κ1) is 21.3. The van der Waals surface area contributed by atoms with Gasteiger partial charge in [-0.3, -0.25) is 4.79 Å². The van der Waals surface area contributed by atoms with E-state index in [4.69, 9.17) is 9.47 Å². The fourth-order valence-electron chi connectivity index (χ4n) is 2.60. The van der Waals surface area contributed by atoms with E-state index in [0.717, 1.165) is 4.68 Å². The molecule has 0 saturated heterocycles. The normalized spacial score (nSPS) is 11.0. The van der Waals surface area contributed by atoms with Crippen LogP contribution in [0.2, 0.25) is 0 Å². The molecule has 10 heteroatoms. The molecule has 0 aliphatic rings. The molecule has 30 heavy (non-hydrogen) atoms. The summed E-state index contributed by atoms with van der Waals surface area (Å²) >= 11 is 3.39. The van der Waals surface area contributed by atoms with Crippen LogP contribution in [-0.4, -0.2) is 42.2 Å². The highest BCUT2D eigenvalue weighted by molar-refractivity contribution is 9.10. The van der Waals surface area contributed by atoms with Gasteiger partial charge in [-0.1, -0.05) is 12.1 Å². The van der Waals surface area contributed by atoms with E-state index in [0.29, 0.717) is 39.0 Å². The van der Waals surface area contributed by atoms with Gasteiger partial charge in [0.15, 0.2) is 18.1 Å². The fraction of sp³-hybridized carbons (Fsp3) is 0.200. The van der Waals surface area contributed by atoms with Crippen molar-refractivity contribution in [2.75, 3.05) is 20.3 Å². The van der Waals surface area contributed by atoms with Crippen molar-refractivity contribution in [2.45, 2.75) is 6.92 Å². The van der Waals surface area contributed by atoms with Gasteiger partial charge < -0.3 is 19.2 Å². The number of hydrogen-bond donors (Lipinski definition) is 1. The van der Waals surface area contributed by atoms with Gasteiger partial charge >= 0.3 is 11.7 Å². The molecule has 0 spiro atoms. The third kappa shape index (κ3) is 4.60. The van der Waals surface area contributed by atoms with Crippen molar-refractivity contribution in [1.29, 1.82) is 0 Å². The Morgan fingerprint density at radius 1 is 1.20 bits per heavy atom. The van der Waals surface area contributed by atoms with Gasteiger partial charge in [0, 0.05) is 10.0 Å². The van der Waals surface area contributed by atoms with Gasteiger partial charge in [-0.05, 0) is 47.1 Å². The van der Waals surface area contributed by atoms with Crippen molar-refractivity contribution >= 4 is 39.0 Å². The first-order valence-electron chi connectivity index (χ1n) is 8.89. The zero-order valence-corrected chi connectivity index (χ0v) is 17.8. The van der Waals surface area contributed by atoms with Gasteiger partial charge in [0.2, 0.25) is 0 Å². The Hall–Kier alpha value is -3.40. The molecule has 0 saturated carbocycles. The molecule has 156 valence electrons. The Morgan fingerprint density at radius 3 is 2.67 bits per heavy atom. The first-order valence-corrected chi connectivity index (χ1v) is 9.68. The molecule has 1 aromatic heterocycles. The number of esters is 1. The molecule has 0 fully saturated rings. The van der Waals surface area contributed by atoms with Crippen molar-refractivity contribution < 1.29 is 19.0 Å². The number of methoxy groups -OCH3 is 1. The van der Waals surface area contributed by atoms with Crippen molar-refractivity contribution in [1.82, 2.24) is 9.66 Å². The Bertz CT molecular complexity index is 1230. The lowest BCUT2D eigenvalue weighted by atomic mass is 10.2. The van der Waals surface area contributed by atoms with Gasteiger partial charge in [0.1, 0.15) is 0 Å². The number of rotatable bonds is 7. The van der Waals surface area contributed by atoms with Gasteiger partial charge in [0.05, 0.1) is 30.8 Å². The summed E-state index contributed by atoms with van der Waals surface area (Å²) in [6.07, 6.45) is 1.35. The number of ether oxygens (including phenoxy) is 3. The average Bonchev–Trinajstić information content (AvgIpc) is 2.74. The van der Waals surface area contributed by atoms with E-state index >= 15 is 0 Å². The SMILES string of the molecule is CCOc1cc(C=Nn2c(=O)[nH]c3ccccc3c2=O)c(Br)cc1OCC(=O)OC. The molecule has 1 N–H and O–H groups in total. The predicted molar refractivity (Wildman–Crippen MR) is 115 cm³/mol. The highest BCUT2D eigenvalue weighted by Crippen LogP contribution is 2.33. The second-order valence-corrected chi connectivity index (χ2v) is 6.81. The van der Waals surface area contributed by atoms with Crippen molar-refractivity contribution in [3.05, 3.63) is 67.3 Å². The molecule has 3 aromatic rings. The number of carbonyl (C=O) groups is 1. The lowest BCUT2D eigenvalue weighted by molar-refractivity contribution is -0.142. The van der Waals surface area contributed by atoms with E-state index in [1.54, 1.807) is 43.3 Å². The monoisotopic (exact) mass is 475 g/mol. The molecule has 0 unspecified atom stereocenters. The highest BCUT2D eigenvalue weighted by Gasteiger charge is 2.13. The van der Waals surface area contributed by atoms with Gasteiger partial charge in [0.25, 0.3) is 5.56 Å². The molecule has 1 heterocycles. The van der Waals surface area contributed by atoms with Crippen LogP contribution in [-0.2, 0) is 9.53 Å². The molecule has 0 amide bonds. The summed E-state index contributed by atoms with van der Waals surface area (Å²) < 4.78 is 16.9. The summed E-state index contributed by atoms with van der Waals surface area (Å²) in [5.74, 6) is 0.159. The number of aromatic amines is 1. The Labute approximate surface area is 179 Å². The third-order valence-electron chi connectivity index (χ3n) is 4.03. The van der Waals surface area contributed by atoms with E-state index in [9.17, 15) is 14.4 Å². The van der Waals surface area contributed by atoms with Crippen LogP contribution in [0.15, 0.2) is 55.6 Å². The number of benzene rings is 2. The number of nitrogens with zero attached hydrogens (tertiary/aromatic N) is 2. The van der Waals surface area contributed by atoms with Crippen molar-refractivity contribution in [3.63, 3.8) is 0 Å². The summed E-state index contributed by atoms with van der Waals surface area (Å²) in [6.45, 7) is 1.88. The number of aromatic nitrogens is 2. The van der Waals surface area contributed by atoms with Crippen LogP contribution in [0.4, 0.5) is 0 Å². The first-order chi connectivity index (χ1) is 14.4. The van der Waals surface area contributed by atoms with Crippen LogP contribution in [0.5, 0.6) is 11.5 Å². The molecule has 9 nitrogen and oxygen atoms in total. The number of carbonyl (C=O) groups excluding carboxylic acids is 1. The Kier molecular flexibility index (Phi) is 6.68. The number of para-hydroxylation sites is 1. The summed E-state index contributed by atoms with van der Waals surface area (Å²) in [6, 6.07) is 9.89. The minimum absolute atomic E-state index is 0.279. The number of halogens is 1. The van der Waals surface area contributed by atoms with Crippen LogP contribution in [0.3, 0.4) is 0 Å². The van der Waals surface area contributed by atoms with E-state index in [-0.39, 0.29) is 6.61 Å². The minimum atomic E-state index is -0.658. The van der Waals surface area contributed by atoms with E-state index < -0.39 is 17.2 Å². The van der Waals surface area contributed by atoms with Crippen LogP contribution >= 0.6 is 15.9 Å². The second-order valence-electron chi connectivity index (χ2n) is 5.96. The summed E-state index contributed by atoms with van der Waals surface area (Å²) in [5, 5.41) is 4.38. The Balaban J connectivity index is 1.98. The highest BCUT2D eigenvalue weighted by atomic mass is 79.9. The summed E-state index contributed by atoms with van der Waals surface area (Å²) in [7, 11) is 1.26. The Morgan fingerprint density at radius 2 is 1.93 bits per heavy atom. The maximum absolute atomic E-state index is 12.6. The largest absolute Gasteiger partial charge is 0.490 e. The van der Waals surface area contributed by atoms with Gasteiger partial charge in [-0.15, -0.1) is 4.68 Å². The molecule has 2 aromatic carbocycles. The lowest BCUT2D eigenvalue weighted by Gasteiger charge is -2.13. The summed E-state index contributed by atoms with van der Waals surface area (Å²) in [5.41, 5.74) is -0.229. The molecule has 0 radical (unpaired) electrons. The maximum Gasteiger partial charge on any atom is 0.349 e. The maximum atomic E-state index is 12.6. The zero-order valence-electron chi connectivity index (χ0n) is 16.2. The van der Waals surface area contributed by atoms with Crippen LogP contribution in [0, 0.1) is 0 Å². The molecule has 0 atom stereocenters. The van der Waals surface area contributed by atoms with Crippen molar-refractivity contribution in [2.24, 2.45) is 5.10 Å². The van der Waals surface area contributed by atoms with E-state index in [1.807, 2.05) is 0 Å². The van der Waals surface area contributed by atoms with Crippen LogP contribution < -0.4 is 20.7 Å². The third-order valence-corrected chi connectivity index (χ3v) is 4.72. The van der Waals surface area contributed by atoms with E-state index in [1.165, 1.54) is 13.3 Å². The van der Waals surface area contributed by atoms with Crippen molar-refractivity contribution in [3.8, 4) is 11.5 Å². The van der Waals surface area contributed by atoms with Gasteiger partial charge in [-0.25, -0.2) is 9.59 Å². The van der Waals surface area contributed by atoms with E-state index in [2.05, 4.69) is 30.8 Å². The topological polar surface area (TPSA) is 112 Å². The smallest absolute Gasteiger partial charge is 0.349 e. The molecular formula is C20H18BrN3O6. The lowest BCUT2D eigenvalue weighted by Crippen LogP contribution is -2.32. The zero-order chi connectivity index (χ0) is 21.7. The average molecular weight is 476 g/mol. The molecule has 0 aliphatic carbocycles. The fourth-order valence-corrected chi connectivity index (χ4v) is 3.03. The molecular weight excluding hydrogens is 458 g/mol. The molecule has 0 bridgehead atoms. The predicted octanol–water partition coefficient (Wildman–Crippen LogP) is 2.29. The number of H-pyrrole nitrogens is 1. The number of fused-ring (bicyclic) bond motifs is 1. The van der Waals surface area contributed by atoms with Crippen LogP contribution in [0.1, 0.15) is 12.5 Å². The number of nitrogens with one attached hydrogen (secondary N) is 1. The van der Waals surface area contributed by atoms with Gasteiger partial charge in [-0.2, -0.15) is 5.10 Å². The minimum Gasteiger partial charge on any atom is -0.490 e. The molecule has 3 rings (SSSR count). The standard InChI is InChI=1S/C20H18BrN3O6/c1-3-29-16-8-12(14(21)9-17(16)30-11-18(25)28-2)10-22-24-19(26)13-6-4-5-7-15(13)23-20(24)27/h4-10H,3,11H2,1-2H3,(H,23,27). The van der Waals surface area contributed by atoms with Crippen LogP contribution in [0.25, 0.3) is 10.9 Å². The number of hydrogen-bond acceptors (Lipinski definition) is 7.